The van der Waals surface area contributed by atoms with Crippen LogP contribution in [0.25, 0.3) is 0 Å². The molecule has 0 heterocycles. The molecule has 0 saturated carbocycles. The van der Waals surface area contributed by atoms with Gasteiger partial charge in [0.05, 0.1) is 6.42 Å². The minimum Gasteiger partial charge on any atom is -0.480 e. The van der Waals surface area contributed by atoms with Crippen LogP contribution in [0.15, 0.2) is 30.3 Å². The Hall–Kier alpha value is -1.49. The average Bonchev–Trinajstić information content (AvgIpc) is 2.25. The van der Waals surface area contributed by atoms with E-state index in [0.717, 1.165) is 11.8 Å². The van der Waals surface area contributed by atoms with E-state index in [-0.39, 0.29) is 0 Å². The predicted octanol–water partition coefficient (Wildman–Crippen LogP) is 1.24. The Morgan fingerprint density at radius 1 is 1.38 bits per heavy atom. The molecule has 1 unspecified atom stereocenters. The molecule has 1 rings (SSSR count). The predicted molar refractivity (Wildman–Crippen MR) is 62.8 cm³/mol. The molecule has 0 spiro atoms. The van der Waals surface area contributed by atoms with Gasteiger partial charge in [-0.15, -0.1) is 11.8 Å². The van der Waals surface area contributed by atoms with Gasteiger partial charge < -0.3 is 10.8 Å². The van der Waals surface area contributed by atoms with E-state index in [1.165, 1.54) is 6.42 Å². The maximum Gasteiger partial charge on any atom is 0.321 e. The highest BCUT2D eigenvalue weighted by molar-refractivity contribution is 8.00. The van der Waals surface area contributed by atoms with Crippen LogP contribution in [0, 0.1) is 6.42 Å². The molecule has 1 radical (unpaired) electrons. The summed E-state index contributed by atoms with van der Waals surface area (Å²) in [6.45, 7) is 0. The van der Waals surface area contributed by atoms with Crippen LogP contribution in [0.4, 0.5) is 0 Å². The number of primary amides is 1. The molecular weight excluding hydrogens is 226 g/mol. The summed E-state index contributed by atoms with van der Waals surface area (Å²) >= 11 is 1.16. The Bertz CT molecular complexity index is 367. The van der Waals surface area contributed by atoms with E-state index in [1.807, 2.05) is 6.07 Å². The fraction of sp³-hybridized carbons (Fsp3) is 0.182. The van der Waals surface area contributed by atoms with Gasteiger partial charge in [-0.05, 0) is 5.56 Å². The summed E-state index contributed by atoms with van der Waals surface area (Å²) in [6.07, 6.45) is 1.27. The first-order valence-corrected chi connectivity index (χ1v) is 5.68. The van der Waals surface area contributed by atoms with Crippen molar-refractivity contribution in [1.82, 2.24) is 0 Å². The first-order valence-electron chi connectivity index (χ1n) is 4.63. The standard InChI is InChI=1S/C11H12NO3S/c12-9(13)6-7-16-10(11(14)15)8-4-2-1-3-5-8/h1-6,10H,7H2,(H2,12,13)(H,14,15). The van der Waals surface area contributed by atoms with E-state index < -0.39 is 17.1 Å². The summed E-state index contributed by atoms with van der Waals surface area (Å²) in [5, 5.41) is 8.37. The van der Waals surface area contributed by atoms with Crippen molar-refractivity contribution in [1.29, 1.82) is 0 Å². The molecule has 0 aromatic heterocycles. The summed E-state index contributed by atoms with van der Waals surface area (Å²) in [5.41, 5.74) is 5.64. The number of hydrogen-bond donors (Lipinski definition) is 2. The number of rotatable bonds is 6. The first-order chi connectivity index (χ1) is 7.61. The van der Waals surface area contributed by atoms with E-state index in [4.69, 9.17) is 10.8 Å². The van der Waals surface area contributed by atoms with Gasteiger partial charge in [-0.3, -0.25) is 9.59 Å². The first kappa shape index (κ1) is 12.6. The van der Waals surface area contributed by atoms with E-state index in [2.05, 4.69) is 0 Å². The number of nitrogens with two attached hydrogens (primary N) is 1. The lowest BCUT2D eigenvalue weighted by Crippen LogP contribution is -2.14. The van der Waals surface area contributed by atoms with Crippen LogP contribution >= 0.6 is 11.8 Å². The van der Waals surface area contributed by atoms with Crippen LogP contribution in [0.5, 0.6) is 0 Å². The second kappa shape index (κ2) is 6.17. The lowest BCUT2D eigenvalue weighted by Gasteiger charge is -2.11. The Morgan fingerprint density at radius 3 is 2.50 bits per heavy atom. The highest BCUT2D eigenvalue weighted by atomic mass is 32.2. The highest BCUT2D eigenvalue weighted by Crippen LogP contribution is 2.29. The third-order valence-electron chi connectivity index (χ3n) is 1.87. The van der Waals surface area contributed by atoms with Gasteiger partial charge in [0, 0.05) is 5.75 Å². The zero-order valence-corrected chi connectivity index (χ0v) is 9.31. The van der Waals surface area contributed by atoms with Crippen molar-refractivity contribution < 1.29 is 14.7 Å². The third kappa shape index (κ3) is 3.94. The molecule has 0 aliphatic heterocycles. The Kier molecular flexibility index (Phi) is 4.85. The van der Waals surface area contributed by atoms with Crippen LogP contribution in [0.2, 0.25) is 0 Å². The summed E-state index contributed by atoms with van der Waals surface area (Å²) in [4.78, 5) is 21.5. The molecule has 0 saturated heterocycles. The largest absolute Gasteiger partial charge is 0.480 e. The number of hydrogen-bond acceptors (Lipinski definition) is 3. The van der Waals surface area contributed by atoms with Crippen molar-refractivity contribution in [3.63, 3.8) is 0 Å². The van der Waals surface area contributed by atoms with Crippen molar-refractivity contribution in [2.75, 3.05) is 5.75 Å². The Balaban J connectivity index is 2.62. The van der Waals surface area contributed by atoms with Gasteiger partial charge >= 0.3 is 5.97 Å². The number of thioether (sulfide) groups is 1. The van der Waals surface area contributed by atoms with Gasteiger partial charge in [0.2, 0.25) is 5.91 Å². The van der Waals surface area contributed by atoms with Gasteiger partial charge in [-0.25, -0.2) is 0 Å². The van der Waals surface area contributed by atoms with Gasteiger partial charge in [-0.2, -0.15) is 0 Å². The summed E-state index contributed by atoms with van der Waals surface area (Å²) in [6, 6.07) is 8.88. The van der Waals surface area contributed by atoms with Gasteiger partial charge in [0.15, 0.2) is 0 Å². The monoisotopic (exact) mass is 238 g/mol. The van der Waals surface area contributed by atoms with Crippen molar-refractivity contribution in [2.45, 2.75) is 5.25 Å². The number of carbonyl (C=O) groups is 2. The number of carboxylic acid groups (broad SMARTS) is 1. The molecular formula is C11H12NO3S. The summed E-state index contributed by atoms with van der Waals surface area (Å²) in [5.74, 6) is -1.17. The van der Waals surface area contributed by atoms with Gasteiger partial charge in [0.25, 0.3) is 0 Å². The zero-order chi connectivity index (χ0) is 12.0. The minimum absolute atomic E-state index is 0.293. The molecule has 0 aliphatic rings. The van der Waals surface area contributed by atoms with E-state index in [0.29, 0.717) is 11.3 Å². The zero-order valence-electron chi connectivity index (χ0n) is 8.50. The van der Waals surface area contributed by atoms with Crippen LogP contribution in [0.3, 0.4) is 0 Å². The fourth-order valence-corrected chi connectivity index (χ4v) is 2.11. The average molecular weight is 238 g/mol. The van der Waals surface area contributed by atoms with Crippen molar-refractivity contribution >= 4 is 23.6 Å². The normalized spacial score (nSPS) is 12.0. The number of carbonyl (C=O) groups excluding carboxylic acids is 1. The maximum absolute atomic E-state index is 11.0. The maximum atomic E-state index is 11.0. The molecule has 1 amide bonds. The molecule has 1 atom stereocenters. The number of amides is 1. The molecule has 0 aliphatic carbocycles. The quantitative estimate of drug-likeness (QED) is 0.781. The topological polar surface area (TPSA) is 80.4 Å². The Morgan fingerprint density at radius 2 is 2.00 bits per heavy atom. The molecule has 16 heavy (non-hydrogen) atoms. The second-order valence-corrected chi connectivity index (χ2v) is 4.21. The van der Waals surface area contributed by atoms with E-state index in [1.54, 1.807) is 24.3 Å². The molecule has 1 aromatic rings. The van der Waals surface area contributed by atoms with Crippen molar-refractivity contribution in [2.24, 2.45) is 5.73 Å². The van der Waals surface area contributed by atoms with Gasteiger partial charge in [0.1, 0.15) is 5.25 Å². The van der Waals surface area contributed by atoms with E-state index in [9.17, 15) is 9.59 Å². The number of carboxylic acids is 1. The molecule has 85 valence electrons. The second-order valence-electron chi connectivity index (χ2n) is 3.07. The van der Waals surface area contributed by atoms with Gasteiger partial charge in [-0.1, -0.05) is 30.3 Å². The molecule has 5 heteroatoms. The van der Waals surface area contributed by atoms with Crippen LogP contribution < -0.4 is 5.73 Å². The van der Waals surface area contributed by atoms with Crippen LogP contribution in [0.1, 0.15) is 10.8 Å². The minimum atomic E-state index is -0.922. The number of benzene rings is 1. The molecule has 0 bridgehead atoms. The highest BCUT2D eigenvalue weighted by Gasteiger charge is 2.19. The van der Waals surface area contributed by atoms with Crippen molar-refractivity contribution in [3.05, 3.63) is 42.3 Å². The van der Waals surface area contributed by atoms with Crippen LogP contribution in [-0.2, 0) is 9.59 Å². The Labute approximate surface area is 97.8 Å². The molecule has 4 nitrogen and oxygen atoms in total. The third-order valence-corrected chi connectivity index (χ3v) is 3.04. The number of aliphatic carboxylic acids is 1. The van der Waals surface area contributed by atoms with Crippen LogP contribution in [-0.4, -0.2) is 22.7 Å². The van der Waals surface area contributed by atoms with Crippen molar-refractivity contribution in [3.8, 4) is 0 Å². The lowest BCUT2D eigenvalue weighted by atomic mass is 10.1. The fourth-order valence-electron chi connectivity index (χ4n) is 1.16. The van der Waals surface area contributed by atoms with E-state index >= 15 is 0 Å². The summed E-state index contributed by atoms with van der Waals surface area (Å²) in [7, 11) is 0. The lowest BCUT2D eigenvalue weighted by molar-refractivity contribution is -0.136. The summed E-state index contributed by atoms with van der Waals surface area (Å²) < 4.78 is 0. The molecule has 1 aromatic carbocycles. The smallest absolute Gasteiger partial charge is 0.321 e. The molecule has 0 fully saturated rings. The molecule has 3 N–H and O–H groups in total. The SMILES string of the molecule is NC(=O)[CH]CSC(C(=O)O)c1ccccc1.